The second-order valence-electron chi connectivity index (χ2n) is 4.49. The first kappa shape index (κ1) is 12.6. The Morgan fingerprint density at radius 1 is 1.56 bits per heavy atom. The number of rotatable bonds is 6. The monoisotopic (exact) mass is 245 g/mol. The second kappa shape index (κ2) is 5.69. The predicted octanol–water partition coefficient (Wildman–Crippen LogP) is 3.03. The van der Waals surface area contributed by atoms with Gasteiger partial charge in [0.15, 0.2) is 5.76 Å². The Bertz CT molecular complexity index is 513. The average Bonchev–Trinajstić information content (AvgIpc) is 2.95. The van der Waals surface area contributed by atoms with Crippen LogP contribution in [0.15, 0.2) is 35.4 Å². The molecule has 0 radical (unpaired) electrons. The van der Waals surface area contributed by atoms with Gasteiger partial charge in [0.2, 0.25) is 0 Å². The standard InChI is InChI=1S/C14H19N3O/c1-4-5-10(2)15-8-12-9-16-17-14(12)13-7-6-11(3)18-13/h4,6-7,9-10,15H,1,5,8H2,2-3H3,(H,16,17). The molecule has 2 N–H and O–H groups in total. The van der Waals surface area contributed by atoms with Crippen molar-refractivity contribution in [1.82, 2.24) is 15.5 Å². The number of furan rings is 1. The van der Waals surface area contributed by atoms with Crippen molar-refractivity contribution in [2.75, 3.05) is 0 Å². The molecule has 0 aromatic carbocycles. The van der Waals surface area contributed by atoms with Crippen LogP contribution in [-0.2, 0) is 6.54 Å². The lowest BCUT2D eigenvalue weighted by atomic mass is 10.2. The van der Waals surface area contributed by atoms with Crippen molar-refractivity contribution in [3.8, 4) is 11.5 Å². The van der Waals surface area contributed by atoms with Crippen molar-refractivity contribution in [1.29, 1.82) is 0 Å². The number of nitrogens with zero attached hydrogens (tertiary/aromatic N) is 1. The number of H-pyrrole nitrogens is 1. The van der Waals surface area contributed by atoms with Gasteiger partial charge in [-0.05, 0) is 32.4 Å². The van der Waals surface area contributed by atoms with E-state index in [4.69, 9.17) is 4.42 Å². The van der Waals surface area contributed by atoms with Gasteiger partial charge < -0.3 is 9.73 Å². The lowest BCUT2D eigenvalue weighted by molar-refractivity contribution is 0.539. The van der Waals surface area contributed by atoms with E-state index in [2.05, 4.69) is 29.0 Å². The lowest BCUT2D eigenvalue weighted by Crippen LogP contribution is -2.24. The number of aromatic nitrogens is 2. The maximum atomic E-state index is 5.61. The average molecular weight is 245 g/mol. The summed E-state index contributed by atoms with van der Waals surface area (Å²) in [7, 11) is 0. The third-order valence-corrected chi connectivity index (χ3v) is 2.87. The van der Waals surface area contributed by atoms with Crippen LogP contribution in [0, 0.1) is 6.92 Å². The van der Waals surface area contributed by atoms with Crippen molar-refractivity contribution in [2.24, 2.45) is 0 Å². The van der Waals surface area contributed by atoms with E-state index >= 15 is 0 Å². The molecule has 0 spiro atoms. The molecule has 96 valence electrons. The maximum absolute atomic E-state index is 5.61. The van der Waals surface area contributed by atoms with Crippen molar-refractivity contribution < 1.29 is 4.42 Å². The summed E-state index contributed by atoms with van der Waals surface area (Å²) in [5.41, 5.74) is 2.06. The van der Waals surface area contributed by atoms with E-state index in [9.17, 15) is 0 Å². The largest absolute Gasteiger partial charge is 0.460 e. The smallest absolute Gasteiger partial charge is 0.152 e. The van der Waals surface area contributed by atoms with E-state index in [1.807, 2.05) is 31.3 Å². The highest BCUT2D eigenvalue weighted by molar-refractivity contribution is 5.56. The number of hydrogen-bond donors (Lipinski definition) is 2. The van der Waals surface area contributed by atoms with E-state index in [1.54, 1.807) is 0 Å². The zero-order chi connectivity index (χ0) is 13.0. The molecule has 0 aliphatic rings. The molecule has 0 amide bonds. The van der Waals surface area contributed by atoms with E-state index in [0.717, 1.165) is 35.7 Å². The van der Waals surface area contributed by atoms with Crippen LogP contribution in [-0.4, -0.2) is 16.2 Å². The van der Waals surface area contributed by atoms with Gasteiger partial charge in [-0.15, -0.1) is 6.58 Å². The summed E-state index contributed by atoms with van der Waals surface area (Å²) in [6.07, 6.45) is 4.71. The molecular weight excluding hydrogens is 226 g/mol. The summed E-state index contributed by atoms with van der Waals surface area (Å²) in [5, 5.41) is 10.5. The Morgan fingerprint density at radius 2 is 2.39 bits per heavy atom. The van der Waals surface area contributed by atoms with Crippen LogP contribution >= 0.6 is 0 Å². The van der Waals surface area contributed by atoms with E-state index in [0.29, 0.717) is 6.04 Å². The molecule has 0 saturated carbocycles. The van der Waals surface area contributed by atoms with Crippen LogP contribution < -0.4 is 5.32 Å². The Kier molecular flexibility index (Phi) is 3.99. The molecule has 0 aliphatic carbocycles. The highest BCUT2D eigenvalue weighted by atomic mass is 16.3. The van der Waals surface area contributed by atoms with Gasteiger partial charge in [0.05, 0.1) is 6.20 Å². The third-order valence-electron chi connectivity index (χ3n) is 2.87. The van der Waals surface area contributed by atoms with E-state index < -0.39 is 0 Å². The van der Waals surface area contributed by atoms with Gasteiger partial charge in [-0.3, -0.25) is 5.10 Å². The third kappa shape index (κ3) is 2.90. The van der Waals surface area contributed by atoms with Gasteiger partial charge in [-0.25, -0.2) is 0 Å². The highest BCUT2D eigenvalue weighted by Crippen LogP contribution is 2.23. The number of hydrogen-bond acceptors (Lipinski definition) is 3. The van der Waals surface area contributed by atoms with Crippen LogP contribution in [0.5, 0.6) is 0 Å². The van der Waals surface area contributed by atoms with E-state index in [-0.39, 0.29) is 0 Å². The topological polar surface area (TPSA) is 53.9 Å². The molecule has 2 rings (SSSR count). The first-order valence-electron chi connectivity index (χ1n) is 6.14. The van der Waals surface area contributed by atoms with E-state index in [1.165, 1.54) is 0 Å². The predicted molar refractivity (Wildman–Crippen MR) is 72.1 cm³/mol. The zero-order valence-corrected chi connectivity index (χ0v) is 10.9. The molecule has 4 nitrogen and oxygen atoms in total. The fraction of sp³-hybridized carbons (Fsp3) is 0.357. The molecule has 18 heavy (non-hydrogen) atoms. The normalized spacial score (nSPS) is 12.6. The van der Waals surface area contributed by atoms with Gasteiger partial charge in [0.1, 0.15) is 11.5 Å². The summed E-state index contributed by atoms with van der Waals surface area (Å²) in [6, 6.07) is 4.32. The molecule has 1 unspecified atom stereocenters. The quantitative estimate of drug-likeness (QED) is 0.769. The molecule has 0 aliphatic heterocycles. The molecule has 2 heterocycles. The van der Waals surface area contributed by atoms with Crippen LogP contribution in [0.25, 0.3) is 11.5 Å². The highest BCUT2D eigenvalue weighted by Gasteiger charge is 2.11. The van der Waals surface area contributed by atoms with Gasteiger partial charge in [-0.1, -0.05) is 6.08 Å². The summed E-state index contributed by atoms with van der Waals surface area (Å²) in [4.78, 5) is 0. The Morgan fingerprint density at radius 3 is 3.06 bits per heavy atom. The number of nitrogens with one attached hydrogen (secondary N) is 2. The minimum atomic E-state index is 0.406. The molecule has 0 bridgehead atoms. The molecule has 2 aromatic rings. The van der Waals surface area contributed by atoms with Crippen LogP contribution in [0.1, 0.15) is 24.7 Å². The minimum Gasteiger partial charge on any atom is -0.460 e. The summed E-state index contributed by atoms with van der Waals surface area (Å²) >= 11 is 0. The minimum absolute atomic E-state index is 0.406. The van der Waals surface area contributed by atoms with Crippen LogP contribution in [0.4, 0.5) is 0 Å². The molecule has 4 heteroatoms. The molecule has 0 saturated heterocycles. The Labute approximate surface area is 107 Å². The van der Waals surface area contributed by atoms with Crippen molar-refractivity contribution in [2.45, 2.75) is 32.9 Å². The van der Waals surface area contributed by atoms with Crippen molar-refractivity contribution in [3.05, 3.63) is 42.3 Å². The first-order chi connectivity index (χ1) is 8.70. The molecule has 0 fully saturated rings. The summed E-state index contributed by atoms with van der Waals surface area (Å²) < 4.78 is 5.61. The van der Waals surface area contributed by atoms with Gasteiger partial charge in [0.25, 0.3) is 0 Å². The molecule has 2 aromatic heterocycles. The van der Waals surface area contributed by atoms with Gasteiger partial charge in [0, 0.05) is 18.2 Å². The van der Waals surface area contributed by atoms with Gasteiger partial charge in [-0.2, -0.15) is 5.10 Å². The SMILES string of the molecule is C=CCC(C)NCc1cn[nH]c1-c1ccc(C)o1. The molecule has 1 atom stereocenters. The first-order valence-corrected chi connectivity index (χ1v) is 6.14. The lowest BCUT2D eigenvalue weighted by Gasteiger charge is -2.10. The number of aryl methyl sites for hydroxylation is 1. The fourth-order valence-electron chi connectivity index (χ4n) is 1.84. The van der Waals surface area contributed by atoms with Crippen LogP contribution in [0.3, 0.4) is 0 Å². The van der Waals surface area contributed by atoms with Crippen LogP contribution in [0.2, 0.25) is 0 Å². The molecular formula is C14H19N3O. The van der Waals surface area contributed by atoms with Crippen molar-refractivity contribution >= 4 is 0 Å². The summed E-state index contributed by atoms with van der Waals surface area (Å²) in [6.45, 7) is 8.58. The second-order valence-corrected chi connectivity index (χ2v) is 4.49. The van der Waals surface area contributed by atoms with Gasteiger partial charge >= 0.3 is 0 Å². The Balaban J connectivity index is 2.06. The van der Waals surface area contributed by atoms with Crippen molar-refractivity contribution in [3.63, 3.8) is 0 Å². The maximum Gasteiger partial charge on any atom is 0.152 e. The zero-order valence-electron chi connectivity index (χ0n) is 10.9. The fourth-order valence-corrected chi connectivity index (χ4v) is 1.84. The number of aromatic amines is 1. The summed E-state index contributed by atoms with van der Waals surface area (Å²) in [5.74, 6) is 1.73. The Hall–Kier alpha value is -1.81.